The number of rotatable bonds is 4. The SMILES string of the molecule is CNc1ncnc(Oc2ccc(C(C)C)cc2)c1C. The Morgan fingerprint density at radius 1 is 1.11 bits per heavy atom. The van der Waals surface area contributed by atoms with E-state index in [2.05, 4.69) is 41.3 Å². The Hall–Kier alpha value is -2.10. The lowest BCUT2D eigenvalue weighted by molar-refractivity contribution is 0.457. The average molecular weight is 257 g/mol. The number of anilines is 1. The topological polar surface area (TPSA) is 47.0 Å². The maximum absolute atomic E-state index is 5.80. The molecule has 0 fully saturated rings. The van der Waals surface area contributed by atoms with Crippen molar-refractivity contribution >= 4 is 5.82 Å². The zero-order valence-corrected chi connectivity index (χ0v) is 11.8. The summed E-state index contributed by atoms with van der Waals surface area (Å²) in [5.41, 5.74) is 2.20. The molecule has 1 aromatic heterocycles. The third-order valence-corrected chi connectivity index (χ3v) is 3.04. The van der Waals surface area contributed by atoms with Crippen molar-refractivity contribution in [2.45, 2.75) is 26.7 Å². The molecule has 0 unspecified atom stereocenters. The fourth-order valence-electron chi connectivity index (χ4n) is 1.82. The van der Waals surface area contributed by atoms with Gasteiger partial charge in [0.2, 0.25) is 5.88 Å². The molecule has 100 valence electrons. The van der Waals surface area contributed by atoms with Gasteiger partial charge in [0.25, 0.3) is 0 Å². The van der Waals surface area contributed by atoms with Crippen molar-refractivity contribution in [1.82, 2.24) is 9.97 Å². The molecule has 4 nitrogen and oxygen atoms in total. The van der Waals surface area contributed by atoms with Gasteiger partial charge in [-0.25, -0.2) is 9.97 Å². The Morgan fingerprint density at radius 2 is 1.79 bits per heavy atom. The molecule has 0 saturated heterocycles. The largest absolute Gasteiger partial charge is 0.439 e. The first-order valence-corrected chi connectivity index (χ1v) is 6.39. The first-order valence-electron chi connectivity index (χ1n) is 6.39. The maximum atomic E-state index is 5.80. The number of aromatic nitrogens is 2. The molecule has 0 atom stereocenters. The highest BCUT2D eigenvalue weighted by Gasteiger charge is 2.08. The van der Waals surface area contributed by atoms with Crippen LogP contribution in [0.4, 0.5) is 5.82 Å². The van der Waals surface area contributed by atoms with Gasteiger partial charge < -0.3 is 10.1 Å². The molecule has 0 aliphatic rings. The zero-order chi connectivity index (χ0) is 13.8. The minimum atomic E-state index is 0.519. The van der Waals surface area contributed by atoms with Crippen LogP contribution in [0, 0.1) is 6.92 Å². The Bertz CT molecular complexity index is 550. The van der Waals surface area contributed by atoms with Crippen LogP contribution in [0.5, 0.6) is 11.6 Å². The van der Waals surface area contributed by atoms with Crippen molar-refractivity contribution < 1.29 is 4.74 Å². The molecule has 0 bridgehead atoms. The molecular weight excluding hydrogens is 238 g/mol. The molecule has 2 rings (SSSR count). The van der Waals surface area contributed by atoms with Gasteiger partial charge in [0.05, 0.1) is 5.56 Å². The second-order valence-electron chi connectivity index (χ2n) is 4.73. The number of hydrogen-bond donors (Lipinski definition) is 1. The van der Waals surface area contributed by atoms with E-state index in [-0.39, 0.29) is 0 Å². The van der Waals surface area contributed by atoms with Crippen LogP contribution in [0.1, 0.15) is 30.9 Å². The fourth-order valence-corrected chi connectivity index (χ4v) is 1.82. The van der Waals surface area contributed by atoms with Crippen LogP contribution in [0.15, 0.2) is 30.6 Å². The Balaban J connectivity index is 2.21. The number of nitrogens with one attached hydrogen (secondary N) is 1. The molecule has 0 aliphatic heterocycles. The molecule has 1 heterocycles. The van der Waals surface area contributed by atoms with E-state index in [1.807, 2.05) is 26.1 Å². The summed E-state index contributed by atoms with van der Waals surface area (Å²) in [5.74, 6) is 2.67. The molecule has 0 aliphatic carbocycles. The van der Waals surface area contributed by atoms with Crippen LogP contribution in [-0.2, 0) is 0 Å². The van der Waals surface area contributed by atoms with E-state index in [0.29, 0.717) is 11.8 Å². The van der Waals surface area contributed by atoms with Crippen LogP contribution < -0.4 is 10.1 Å². The molecule has 2 aromatic rings. The monoisotopic (exact) mass is 257 g/mol. The van der Waals surface area contributed by atoms with E-state index in [4.69, 9.17) is 4.74 Å². The van der Waals surface area contributed by atoms with Gasteiger partial charge in [-0.1, -0.05) is 26.0 Å². The Labute approximate surface area is 113 Å². The van der Waals surface area contributed by atoms with Crippen molar-refractivity contribution in [3.05, 3.63) is 41.7 Å². The highest BCUT2D eigenvalue weighted by molar-refractivity contribution is 5.48. The van der Waals surface area contributed by atoms with Crippen LogP contribution in [-0.4, -0.2) is 17.0 Å². The summed E-state index contributed by atoms with van der Waals surface area (Å²) >= 11 is 0. The molecule has 19 heavy (non-hydrogen) atoms. The number of hydrogen-bond acceptors (Lipinski definition) is 4. The maximum Gasteiger partial charge on any atom is 0.227 e. The van der Waals surface area contributed by atoms with Crippen LogP contribution in [0.2, 0.25) is 0 Å². The highest BCUT2D eigenvalue weighted by atomic mass is 16.5. The standard InChI is InChI=1S/C15H19N3O/c1-10(2)12-5-7-13(8-6-12)19-15-11(3)14(16-4)17-9-18-15/h5-10H,1-4H3,(H,16,17,18). The minimum Gasteiger partial charge on any atom is -0.439 e. The molecule has 0 radical (unpaired) electrons. The Kier molecular flexibility index (Phi) is 4.00. The molecule has 0 saturated carbocycles. The zero-order valence-electron chi connectivity index (χ0n) is 11.8. The summed E-state index contributed by atoms with van der Waals surface area (Å²) in [5, 5.41) is 3.01. The summed E-state index contributed by atoms with van der Waals surface area (Å²) in [4.78, 5) is 8.30. The van der Waals surface area contributed by atoms with Crippen molar-refractivity contribution in [2.24, 2.45) is 0 Å². The quantitative estimate of drug-likeness (QED) is 0.906. The van der Waals surface area contributed by atoms with E-state index in [1.165, 1.54) is 11.9 Å². The van der Waals surface area contributed by atoms with Gasteiger partial charge in [-0.3, -0.25) is 0 Å². The fraction of sp³-hybridized carbons (Fsp3) is 0.333. The lowest BCUT2D eigenvalue weighted by atomic mass is 10.0. The van der Waals surface area contributed by atoms with E-state index < -0.39 is 0 Å². The van der Waals surface area contributed by atoms with Crippen molar-refractivity contribution in [3.8, 4) is 11.6 Å². The first kappa shape index (κ1) is 13.3. The third kappa shape index (κ3) is 3.02. The van der Waals surface area contributed by atoms with Crippen molar-refractivity contribution in [3.63, 3.8) is 0 Å². The predicted molar refractivity (Wildman–Crippen MR) is 76.9 cm³/mol. The molecule has 1 N–H and O–H groups in total. The molecule has 4 heteroatoms. The van der Waals surface area contributed by atoms with E-state index >= 15 is 0 Å². The second-order valence-corrected chi connectivity index (χ2v) is 4.73. The second kappa shape index (κ2) is 5.69. The summed E-state index contributed by atoms with van der Waals surface area (Å²) in [7, 11) is 1.83. The predicted octanol–water partition coefficient (Wildman–Crippen LogP) is 3.74. The Morgan fingerprint density at radius 3 is 2.37 bits per heavy atom. The highest BCUT2D eigenvalue weighted by Crippen LogP contribution is 2.26. The normalized spacial score (nSPS) is 10.6. The summed E-state index contributed by atoms with van der Waals surface area (Å²) < 4.78 is 5.80. The molecule has 1 aromatic carbocycles. The smallest absolute Gasteiger partial charge is 0.227 e. The third-order valence-electron chi connectivity index (χ3n) is 3.04. The number of benzene rings is 1. The van der Waals surface area contributed by atoms with E-state index in [1.54, 1.807) is 0 Å². The number of ether oxygens (including phenoxy) is 1. The minimum absolute atomic E-state index is 0.519. The van der Waals surface area contributed by atoms with Gasteiger partial charge in [-0.05, 0) is 30.5 Å². The number of nitrogens with zero attached hydrogens (tertiary/aromatic N) is 2. The van der Waals surface area contributed by atoms with E-state index in [9.17, 15) is 0 Å². The van der Waals surface area contributed by atoms with Crippen LogP contribution in [0.25, 0.3) is 0 Å². The van der Waals surface area contributed by atoms with Crippen molar-refractivity contribution in [2.75, 3.05) is 12.4 Å². The lowest BCUT2D eigenvalue weighted by Crippen LogP contribution is -1.99. The van der Waals surface area contributed by atoms with Gasteiger partial charge >= 0.3 is 0 Å². The van der Waals surface area contributed by atoms with Gasteiger partial charge in [0.1, 0.15) is 17.9 Å². The van der Waals surface area contributed by atoms with Gasteiger partial charge in [0, 0.05) is 7.05 Å². The molecular formula is C15H19N3O. The molecule has 0 amide bonds. The summed E-state index contributed by atoms with van der Waals surface area (Å²) in [6.07, 6.45) is 1.50. The lowest BCUT2D eigenvalue weighted by Gasteiger charge is -2.11. The van der Waals surface area contributed by atoms with Crippen molar-refractivity contribution in [1.29, 1.82) is 0 Å². The van der Waals surface area contributed by atoms with Crippen LogP contribution >= 0.6 is 0 Å². The van der Waals surface area contributed by atoms with Gasteiger partial charge in [-0.15, -0.1) is 0 Å². The van der Waals surface area contributed by atoms with Gasteiger partial charge in [0.15, 0.2) is 0 Å². The first-order chi connectivity index (χ1) is 9.11. The summed E-state index contributed by atoms with van der Waals surface area (Å²) in [6, 6.07) is 8.09. The average Bonchev–Trinajstić information content (AvgIpc) is 2.42. The summed E-state index contributed by atoms with van der Waals surface area (Å²) in [6.45, 7) is 6.27. The van der Waals surface area contributed by atoms with Crippen LogP contribution in [0.3, 0.4) is 0 Å². The van der Waals surface area contributed by atoms with E-state index in [0.717, 1.165) is 17.1 Å². The van der Waals surface area contributed by atoms with Gasteiger partial charge in [-0.2, -0.15) is 0 Å². The molecule has 0 spiro atoms.